The van der Waals surface area contributed by atoms with E-state index in [1.807, 2.05) is 4.90 Å². The quantitative estimate of drug-likeness (QED) is 0.540. The highest BCUT2D eigenvalue weighted by molar-refractivity contribution is 5.87. The van der Waals surface area contributed by atoms with Crippen LogP contribution in [-0.4, -0.2) is 40.0 Å². The Balaban J connectivity index is 1.94. The summed E-state index contributed by atoms with van der Waals surface area (Å²) in [5, 5.41) is 2.88. The molecule has 23 heavy (non-hydrogen) atoms. The van der Waals surface area contributed by atoms with Gasteiger partial charge in [0.15, 0.2) is 5.82 Å². The van der Waals surface area contributed by atoms with E-state index in [1.165, 1.54) is 6.08 Å². The average Bonchev–Trinajstić information content (AvgIpc) is 2.55. The highest BCUT2D eigenvalue weighted by Crippen LogP contribution is 2.23. The molecule has 1 unspecified atom stereocenters. The van der Waals surface area contributed by atoms with Crippen LogP contribution in [0.3, 0.4) is 0 Å². The number of piperidine rings is 1. The normalized spacial score (nSPS) is 17.9. The molecule has 1 amide bonds. The zero-order valence-corrected chi connectivity index (χ0v) is 12.5. The third-order valence-corrected chi connectivity index (χ3v) is 3.88. The molecule has 120 valence electrons. The van der Waals surface area contributed by atoms with Crippen LogP contribution in [0.25, 0.3) is 11.0 Å². The number of hydrogen-bond acceptors (Lipinski definition) is 5. The molecule has 0 bridgehead atoms. The molecule has 1 fully saturated rings. The van der Waals surface area contributed by atoms with Gasteiger partial charge in [-0.05, 0) is 25.0 Å². The summed E-state index contributed by atoms with van der Waals surface area (Å²) in [6, 6.07) is 1.62. The van der Waals surface area contributed by atoms with E-state index in [9.17, 15) is 14.4 Å². The van der Waals surface area contributed by atoms with Crippen molar-refractivity contribution >= 4 is 22.8 Å². The third kappa shape index (κ3) is 3.01. The fourth-order valence-corrected chi connectivity index (χ4v) is 2.81. The van der Waals surface area contributed by atoms with Gasteiger partial charge < -0.3 is 20.2 Å². The lowest BCUT2D eigenvalue weighted by Gasteiger charge is -2.34. The molecular weight excluding hydrogens is 298 g/mol. The number of pyridine rings is 1. The highest BCUT2D eigenvalue weighted by Gasteiger charge is 2.23. The number of carbonyl (C=O) groups is 1. The van der Waals surface area contributed by atoms with Gasteiger partial charge >= 0.3 is 11.1 Å². The highest BCUT2D eigenvalue weighted by atomic mass is 16.2. The molecular formula is C15H17N5O3. The van der Waals surface area contributed by atoms with E-state index in [0.717, 1.165) is 19.4 Å². The summed E-state index contributed by atoms with van der Waals surface area (Å²) in [7, 11) is 0. The van der Waals surface area contributed by atoms with Crippen molar-refractivity contribution in [2.75, 3.05) is 18.0 Å². The summed E-state index contributed by atoms with van der Waals surface area (Å²) >= 11 is 0. The molecule has 8 heteroatoms. The summed E-state index contributed by atoms with van der Waals surface area (Å²) in [6.45, 7) is 4.78. The van der Waals surface area contributed by atoms with Gasteiger partial charge in [-0.1, -0.05) is 6.58 Å². The van der Waals surface area contributed by atoms with Crippen LogP contribution in [0.5, 0.6) is 0 Å². The minimum atomic E-state index is -0.708. The molecule has 3 N–H and O–H groups in total. The van der Waals surface area contributed by atoms with Crippen LogP contribution in [0, 0.1) is 0 Å². The predicted octanol–water partition coefficient (Wildman–Crippen LogP) is -0.118. The van der Waals surface area contributed by atoms with E-state index < -0.39 is 11.1 Å². The Bertz CT molecular complexity index is 869. The second-order valence-corrected chi connectivity index (χ2v) is 5.46. The number of nitrogens with zero attached hydrogens (tertiary/aromatic N) is 2. The Morgan fingerprint density at radius 2 is 2.17 bits per heavy atom. The zero-order valence-electron chi connectivity index (χ0n) is 12.5. The largest absolute Gasteiger partial charge is 0.353 e. The fourth-order valence-electron chi connectivity index (χ4n) is 2.81. The molecule has 1 aliphatic heterocycles. The second kappa shape index (κ2) is 6.07. The van der Waals surface area contributed by atoms with E-state index >= 15 is 0 Å². The molecule has 1 saturated heterocycles. The number of nitrogens with one attached hydrogen (secondary N) is 3. The second-order valence-electron chi connectivity index (χ2n) is 5.46. The van der Waals surface area contributed by atoms with Crippen molar-refractivity contribution in [3.05, 3.63) is 45.6 Å². The maximum atomic E-state index is 11.6. The minimum Gasteiger partial charge on any atom is -0.353 e. The molecule has 8 nitrogen and oxygen atoms in total. The molecule has 0 aliphatic carbocycles. The number of amides is 1. The van der Waals surface area contributed by atoms with E-state index in [4.69, 9.17) is 0 Å². The van der Waals surface area contributed by atoms with E-state index in [-0.39, 0.29) is 11.9 Å². The van der Waals surface area contributed by atoms with E-state index in [0.29, 0.717) is 23.4 Å². The van der Waals surface area contributed by atoms with Crippen LogP contribution in [0.2, 0.25) is 0 Å². The first-order valence-electron chi connectivity index (χ1n) is 7.37. The van der Waals surface area contributed by atoms with Gasteiger partial charge in [-0.25, -0.2) is 4.98 Å². The Labute approximate surface area is 131 Å². The van der Waals surface area contributed by atoms with Crippen LogP contribution in [0.1, 0.15) is 12.8 Å². The van der Waals surface area contributed by atoms with Gasteiger partial charge in [0.05, 0.1) is 5.52 Å². The first-order chi connectivity index (χ1) is 11.1. The number of rotatable bonds is 3. The molecule has 2 aromatic heterocycles. The zero-order chi connectivity index (χ0) is 16.4. The standard InChI is InChI=1S/C15H17N5O3/c1-2-11(21)17-9-4-3-7-20(8-9)13-12-10(5-6-16-13)18-14(22)15(23)19-12/h2,5-6,9H,1,3-4,7-8H2,(H,17,21)(H,18,22)(H,19,23). The molecule has 1 atom stereocenters. The summed E-state index contributed by atoms with van der Waals surface area (Å²) in [5.41, 5.74) is -0.380. The molecule has 0 saturated carbocycles. The number of aromatic amines is 2. The maximum absolute atomic E-state index is 11.6. The van der Waals surface area contributed by atoms with Crippen LogP contribution >= 0.6 is 0 Å². The van der Waals surface area contributed by atoms with E-state index in [2.05, 4.69) is 26.8 Å². The lowest BCUT2D eigenvalue weighted by Crippen LogP contribution is -2.47. The Kier molecular flexibility index (Phi) is 3.96. The monoisotopic (exact) mass is 315 g/mol. The van der Waals surface area contributed by atoms with Crippen molar-refractivity contribution in [2.45, 2.75) is 18.9 Å². The third-order valence-electron chi connectivity index (χ3n) is 3.88. The van der Waals surface area contributed by atoms with Crippen LogP contribution in [0.15, 0.2) is 34.5 Å². The Morgan fingerprint density at radius 1 is 1.39 bits per heavy atom. The number of carbonyl (C=O) groups excluding carboxylic acids is 1. The van der Waals surface area contributed by atoms with Gasteiger partial charge in [0.25, 0.3) is 0 Å². The summed E-state index contributed by atoms with van der Waals surface area (Å²) in [4.78, 5) is 46.0. The van der Waals surface area contributed by atoms with Gasteiger partial charge in [0.1, 0.15) is 5.52 Å². The van der Waals surface area contributed by atoms with Crippen molar-refractivity contribution in [1.82, 2.24) is 20.3 Å². The van der Waals surface area contributed by atoms with Gasteiger partial charge in [-0.15, -0.1) is 0 Å². The van der Waals surface area contributed by atoms with Gasteiger partial charge in [-0.2, -0.15) is 0 Å². The van der Waals surface area contributed by atoms with Crippen molar-refractivity contribution in [3.63, 3.8) is 0 Å². The van der Waals surface area contributed by atoms with Crippen LogP contribution in [0.4, 0.5) is 5.82 Å². The van der Waals surface area contributed by atoms with Crippen LogP contribution in [-0.2, 0) is 4.79 Å². The van der Waals surface area contributed by atoms with Gasteiger partial charge in [0.2, 0.25) is 5.91 Å². The first kappa shape index (κ1) is 15.0. The molecule has 0 spiro atoms. The molecule has 3 heterocycles. The number of anilines is 1. The maximum Gasteiger partial charge on any atom is 0.314 e. The molecule has 0 radical (unpaired) electrons. The Hall–Kier alpha value is -2.90. The van der Waals surface area contributed by atoms with Crippen molar-refractivity contribution in [1.29, 1.82) is 0 Å². The topological polar surface area (TPSA) is 111 Å². The molecule has 0 aromatic carbocycles. The lowest BCUT2D eigenvalue weighted by molar-refractivity contribution is -0.117. The van der Waals surface area contributed by atoms with Gasteiger partial charge in [-0.3, -0.25) is 14.4 Å². The number of aromatic nitrogens is 3. The molecule has 1 aliphatic rings. The average molecular weight is 315 g/mol. The van der Waals surface area contributed by atoms with Crippen molar-refractivity contribution in [3.8, 4) is 0 Å². The lowest BCUT2D eigenvalue weighted by atomic mass is 10.1. The summed E-state index contributed by atoms with van der Waals surface area (Å²) < 4.78 is 0. The van der Waals surface area contributed by atoms with Crippen LogP contribution < -0.4 is 21.3 Å². The first-order valence-corrected chi connectivity index (χ1v) is 7.37. The minimum absolute atomic E-state index is 0.0132. The van der Waals surface area contributed by atoms with Gasteiger partial charge in [0, 0.05) is 25.3 Å². The Morgan fingerprint density at radius 3 is 2.96 bits per heavy atom. The molecule has 2 aromatic rings. The fraction of sp³-hybridized carbons (Fsp3) is 0.333. The number of hydrogen-bond donors (Lipinski definition) is 3. The number of H-pyrrole nitrogens is 2. The predicted molar refractivity (Wildman–Crippen MR) is 86.6 cm³/mol. The van der Waals surface area contributed by atoms with Crippen molar-refractivity contribution in [2.24, 2.45) is 0 Å². The summed E-state index contributed by atoms with van der Waals surface area (Å²) in [5.74, 6) is 0.383. The van der Waals surface area contributed by atoms with Crippen molar-refractivity contribution < 1.29 is 4.79 Å². The SMILES string of the molecule is C=CC(=O)NC1CCCN(c2nccc3[nH]c(=O)c(=O)[nH]c23)C1. The smallest absolute Gasteiger partial charge is 0.314 e. The molecule has 3 rings (SSSR count). The van der Waals surface area contributed by atoms with E-state index in [1.54, 1.807) is 12.3 Å². The number of fused-ring (bicyclic) bond motifs is 1. The summed E-state index contributed by atoms with van der Waals surface area (Å²) in [6.07, 6.45) is 4.58.